The molecule has 1 amide bonds. The van der Waals surface area contributed by atoms with Crippen LogP contribution in [-0.4, -0.2) is 81.7 Å². The Balaban J connectivity index is 2.07. The van der Waals surface area contributed by atoms with Crippen LogP contribution in [-0.2, 0) is 14.8 Å². The molecule has 0 aromatic carbocycles. The average Bonchev–Trinajstić information content (AvgIpc) is 3.10. The van der Waals surface area contributed by atoms with E-state index >= 15 is 0 Å². The zero-order valence-electron chi connectivity index (χ0n) is 16.2. The Morgan fingerprint density at radius 1 is 1.19 bits per heavy atom. The molecule has 26 heavy (non-hydrogen) atoms. The number of likely N-dealkylation sites (tertiary alicyclic amines) is 1. The second kappa shape index (κ2) is 9.55. The summed E-state index contributed by atoms with van der Waals surface area (Å²) in [4.78, 5) is 19.9. The topological polar surface area (TPSA) is 94.1 Å². The molecule has 2 rings (SSSR count). The number of guanidine groups is 1. The van der Waals surface area contributed by atoms with Crippen LogP contribution < -0.4 is 10.0 Å². The van der Waals surface area contributed by atoms with E-state index in [1.807, 2.05) is 4.90 Å². The predicted octanol–water partition coefficient (Wildman–Crippen LogP) is 0.367. The molecule has 2 aliphatic rings. The van der Waals surface area contributed by atoms with Crippen molar-refractivity contribution in [2.45, 2.75) is 56.7 Å². The molecule has 1 aliphatic heterocycles. The smallest absolute Gasteiger partial charge is 0.243 e. The summed E-state index contributed by atoms with van der Waals surface area (Å²) in [5, 5.41) is 3.05. The summed E-state index contributed by atoms with van der Waals surface area (Å²) in [5.41, 5.74) is 0. The minimum Gasteiger partial charge on any atom is -0.353 e. The number of sulfonamides is 1. The van der Waals surface area contributed by atoms with E-state index in [1.54, 1.807) is 21.0 Å². The monoisotopic (exact) mass is 387 g/mol. The van der Waals surface area contributed by atoms with Gasteiger partial charge in [0.25, 0.3) is 0 Å². The number of carbonyl (C=O) groups excluding carboxylic acids is 1. The van der Waals surface area contributed by atoms with Crippen molar-refractivity contribution >= 4 is 21.9 Å². The Labute approximate surface area is 157 Å². The highest BCUT2D eigenvalue weighted by Crippen LogP contribution is 2.20. The highest BCUT2D eigenvalue weighted by atomic mass is 32.2. The molecule has 0 aromatic rings. The number of amides is 1. The quantitative estimate of drug-likeness (QED) is 0.507. The molecule has 2 N–H and O–H groups in total. The van der Waals surface area contributed by atoms with E-state index in [2.05, 4.69) is 15.0 Å². The normalized spacial score (nSPS) is 22.5. The molecule has 1 unspecified atom stereocenters. The van der Waals surface area contributed by atoms with Gasteiger partial charge in [0.1, 0.15) is 6.54 Å². The number of aliphatic imine (C=N–C) groups is 1. The lowest BCUT2D eigenvalue weighted by atomic mass is 9.96. The lowest BCUT2D eigenvalue weighted by Crippen LogP contribution is -2.47. The zero-order valence-corrected chi connectivity index (χ0v) is 17.0. The van der Waals surface area contributed by atoms with Gasteiger partial charge in [-0.1, -0.05) is 26.2 Å². The van der Waals surface area contributed by atoms with Gasteiger partial charge in [0, 0.05) is 39.8 Å². The SMILES string of the molecule is CCNS(=O)(=O)C1CCN(C(=NCC(=O)N(C)C)NC2CCCCC2)C1. The molecule has 1 saturated heterocycles. The third-order valence-corrected chi connectivity index (χ3v) is 6.98. The van der Waals surface area contributed by atoms with Gasteiger partial charge in [0.15, 0.2) is 5.96 Å². The third kappa shape index (κ3) is 5.84. The first kappa shape index (κ1) is 21.0. The number of rotatable bonds is 6. The number of carbonyl (C=O) groups is 1. The maximum atomic E-state index is 12.3. The van der Waals surface area contributed by atoms with Gasteiger partial charge in [-0.05, 0) is 19.3 Å². The highest BCUT2D eigenvalue weighted by Gasteiger charge is 2.34. The summed E-state index contributed by atoms with van der Waals surface area (Å²) in [6.45, 7) is 3.29. The van der Waals surface area contributed by atoms with Crippen molar-refractivity contribution < 1.29 is 13.2 Å². The van der Waals surface area contributed by atoms with Crippen LogP contribution in [0.25, 0.3) is 0 Å². The van der Waals surface area contributed by atoms with Crippen LogP contribution >= 0.6 is 0 Å². The van der Waals surface area contributed by atoms with Gasteiger partial charge in [-0.15, -0.1) is 0 Å². The lowest BCUT2D eigenvalue weighted by molar-refractivity contribution is -0.127. The number of nitrogens with one attached hydrogen (secondary N) is 2. The minimum absolute atomic E-state index is 0.0658. The molecule has 1 saturated carbocycles. The van der Waals surface area contributed by atoms with Gasteiger partial charge in [0.2, 0.25) is 15.9 Å². The first-order chi connectivity index (χ1) is 12.3. The van der Waals surface area contributed by atoms with Crippen LogP contribution in [0.3, 0.4) is 0 Å². The van der Waals surface area contributed by atoms with E-state index in [0.717, 1.165) is 12.8 Å². The van der Waals surface area contributed by atoms with Crippen molar-refractivity contribution in [2.75, 3.05) is 40.3 Å². The van der Waals surface area contributed by atoms with Crippen LogP contribution in [0.15, 0.2) is 4.99 Å². The van der Waals surface area contributed by atoms with Crippen LogP contribution in [0.1, 0.15) is 45.4 Å². The van der Waals surface area contributed by atoms with E-state index < -0.39 is 15.3 Å². The van der Waals surface area contributed by atoms with Crippen molar-refractivity contribution in [3.05, 3.63) is 0 Å². The van der Waals surface area contributed by atoms with Crippen molar-refractivity contribution in [3.8, 4) is 0 Å². The molecule has 1 aliphatic carbocycles. The fraction of sp³-hybridized carbons (Fsp3) is 0.882. The molecule has 1 atom stereocenters. The molecule has 0 aromatic heterocycles. The van der Waals surface area contributed by atoms with Gasteiger partial charge in [-0.3, -0.25) is 4.79 Å². The molecule has 150 valence electrons. The highest BCUT2D eigenvalue weighted by molar-refractivity contribution is 7.90. The van der Waals surface area contributed by atoms with Crippen LogP contribution in [0, 0.1) is 0 Å². The first-order valence-electron chi connectivity index (χ1n) is 9.58. The fourth-order valence-corrected chi connectivity index (χ4v) is 4.87. The van der Waals surface area contributed by atoms with Gasteiger partial charge in [-0.25, -0.2) is 18.1 Å². The van der Waals surface area contributed by atoms with E-state index in [-0.39, 0.29) is 12.5 Å². The number of likely N-dealkylation sites (N-methyl/N-ethyl adjacent to an activating group) is 1. The maximum absolute atomic E-state index is 12.3. The largest absolute Gasteiger partial charge is 0.353 e. The molecule has 8 nitrogen and oxygen atoms in total. The Bertz CT molecular complexity index is 600. The standard InChI is InChI=1S/C17H33N5O3S/c1-4-19-26(24,25)15-10-11-22(13-15)17(18-12-16(23)21(2)3)20-14-8-6-5-7-9-14/h14-15,19H,4-13H2,1-3H3,(H,18,20). The number of hydrogen-bond donors (Lipinski definition) is 2. The van der Waals surface area contributed by atoms with Crippen molar-refractivity contribution in [1.82, 2.24) is 19.8 Å². The molecule has 0 spiro atoms. The van der Waals surface area contributed by atoms with Crippen molar-refractivity contribution in [1.29, 1.82) is 0 Å². The summed E-state index contributed by atoms with van der Waals surface area (Å²) in [7, 11) is 0.115. The van der Waals surface area contributed by atoms with E-state index in [0.29, 0.717) is 38.1 Å². The van der Waals surface area contributed by atoms with Gasteiger partial charge < -0.3 is 15.1 Å². The summed E-state index contributed by atoms with van der Waals surface area (Å²) in [6.07, 6.45) is 6.40. The molecule has 0 radical (unpaired) electrons. The lowest BCUT2D eigenvalue weighted by Gasteiger charge is -2.29. The Morgan fingerprint density at radius 3 is 2.50 bits per heavy atom. The molecule has 9 heteroatoms. The maximum Gasteiger partial charge on any atom is 0.243 e. The van der Waals surface area contributed by atoms with Crippen LogP contribution in [0.5, 0.6) is 0 Å². The molecular weight excluding hydrogens is 354 g/mol. The van der Waals surface area contributed by atoms with Gasteiger partial charge in [-0.2, -0.15) is 0 Å². The third-order valence-electron chi connectivity index (χ3n) is 5.03. The number of nitrogens with zero attached hydrogens (tertiary/aromatic N) is 3. The van der Waals surface area contributed by atoms with Crippen LogP contribution in [0.2, 0.25) is 0 Å². The second-order valence-electron chi connectivity index (χ2n) is 7.31. The molecule has 1 heterocycles. The average molecular weight is 388 g/mol. The van der Waals surface area contributed by atoms with Crippen LogP contribution in [0.4, 0.5) is 0 Å². The minimum atomic E-state index is -3.30. The zero-order chi connectivity index (χ0) is 19.2. The van der Waals surface area contributed by atoms with E-state index in [9.17, 15) is 13.2 Å². The number of hydrogen-bond acceptors (Lipinski definition) is 4. The summed E-state index contributed by atoms with van der Waals surface area (Å²) >= 11 is 0. The Kier molecular flexibility index (Phi) is 7.69. The predicted molar refractivity (Wildman–Crippen MR) is 104 cm³/mol. The van der Waals surface area contributed by atoms with E-state index in [1.165, 1.54) is 24.2 Å². The Hall–Kier alpha value is -1.35. The molecular formula is C17H33N5O3S. The Morgan fingerprint density at radius 2 is 1.88 bits per heavy atom. The van der Waals surface area contributed by atoms with Gasteiger partial charge in [0.05, 0.1) is 5.25 Å². The van der Waals surface area contributed by atoms with E-state index in [4.69, 9.17) is 0 Å². The van der Waals surface area contributed by atoms with Crippen molar-refractivity contribution in [2.24, 2.45) is 4.99 Å². The summed E-state index contributed by atoms with van der Waals surface area (Å²) < 4.78 is 27.2. The summed E-state index contributed by atoms with van der Waals surface area (Å²) in [6, 6.07) is 0.349. The van der Waals surface area contributed by atoms with Gasteiger partial charge >= 0.3 is 0 Å². The van der Waals surface area contributed by atoms with Crippen molar-refractivity contribution in [3.63, 3.8) is 0 Å². The molecule has 0 bridgehead atoms. The fourth-order valence-electron chi connectivity index (χ4n) is 3.44. The second-order valence-corrected chi connectivity index (χ2v) is 9.35. The first-order valence-corrected chi connectivity index (χ1v) is 11.1. The molecule has 2 fully saturated rings. The summed E-state index contributed by atoms with van der Waals surface area (Å²) in [5.74, 6) is 0.602.